The molecule has 3 rings (SSSR count). The molecule has 0 radical (unpaired) electrons. The average molecular weight is 388 g/mol. The molecule has 1 aromatic carbocycles. The van der Waals surface area contributed by atoms with Crippen LogP contribution in [0.4, 0.5) is 13.6 Å². The Kier molecular flexibility index (Phi) is 4.07. The van der Waals surface area contributed by atoms with Gasteiger partial charge in [-0.25, -0.2) is 31.1 Å². The summed E-state index contributed by atoms with van der Waals surface area (Å²) >= 11 is 0.660. The highest BCUT2D eigenvalue weighted by Gasteiger charge is 2.44. The molecular weight excluding hydrogens is 378 g/mol. The molecule has 0 unspecified atom stereocenters. The highest BCUT2D eigenvalue weighted by molar-refractivity contribution is 8.08. The number of halogens is 2. The lowest BCUT2D eigenvalue weighted by Crippen LogP contribution is -2.46. The van der Waals surface area contributed by atoms with E-state index in [-0.39, 0.29) is 20.4 Å². The van der Waals surface area contributed by atoms with Gasteiger partial charge in [-0.3, -0.25) is 4.90 Å². The van der Waals surface area contributed by atoms with Crippen LogP contribution in [0.25, 0.3) is 0 Å². The second-order valence-corrected chi connectivity index (χ2v) is 8.21. The monoisotopic (exact) mass is 388 g/mol. The van der Waals surface area contributed by atoms with Crippen LogP contribution >= 0.6 is 11.8 Å². The summed E-state index contributed by atoms with van der Waals surface area (Å²) in [4.78, 5) is 24.1. The molecule has 2 heterocycles. The van der Waals surface area contributed by atoms with Crippen molar-refractivity contribution >= 4 is 33.8 Å². The molecule has 0 aliphatic carbocycles. The summed E-state index contributed by atoms with van der Waals surface area (Å²) in [5.74, 6) is -3.56. The maximum atomic E-state index is 13.3. The number of hydrogen-bond acceptors (Lipinski definition) is 5. The second kappa shape index (κ2) is 5.85. The number of rotatable bonds is 3. The number of hydrogen-bond donors (Lipinski definition) is 1. The molecule has 132 valence electrons. The minimum absolute atomic E-state index is 0.0102. The van der Waals surface area contributed by atoms with E-state index in [9.17, 15) is 26.8 Å². The van der Waals surface area contributed by atoms with Crippen LogP contribution in [0.1, 0.15) is 12.5 Å². The Balaban J connectivity index is 2.02. The molecule has 1 N–H and O–H groups in total. The van der Waals surface area contributed by atoms with E-state index in [2.05, 4.69) is 0 Å². The van der Waals surface area contributed by atoms with Gasteiger partial charge in [-0.15, -0.1) is 0 Å². The number of sulfonamides is 1. The lowest BCUT2D eigenvalue weighted by Gasteiger charge is -2.32. The summed E-state index contributed by atoms with van der Waals surface area (Å²) in [6.07, 6.45) is 1.03. The zero-order chi connectivity index (χ0) is 18.5. The van der Waals surface area contributed by atoms with Gasteiger partial charge in [-0.2, -0.15) is 0 Å². The van der Waals surface area contributed by atoms with Crippen LogP contribution in [0.15, 0.2) is 39.2 Å². The van der Waals surface area contributed by atoms with Crippen LogP contribution < -0.4 is 0 Å². The maximum Gasteiger partial charge on any atom is 0.344 e. The van der Waals surface area contributed by atoms with Crippen molar-refractivity contribution in [1.82, 2.24) is 9.21 Å². The van der Waals surface area contributed by atoms with Gasteiger partial charge < -0.3 is 5.11 Å². The third-order valence-electron chi connectivity index (χ3n) is 3.59. The molecule has 25 heavy (non-hydrogen) atoms. The molecule has 0 bridgehead atoms. The molecule has 2 aliphatic rings. The first-order valence-corrected chi connectivity index (χ1v) is 9.02. The summed E-state index contributed by atoms with van der Waals surface area (Å²) < 4.78 is 52.0. The number of amides is 2. The van der Waals surface area contributed by atoms with Crippen molar-refractivity contribution in [1.29, 1.82) is 0 Å². The van der Waals surface area contributed by atoms with Gasteiger partial charge in [0.05, 0.1) is 11.4 Å². The van der Waals surface area contributed by atoms with Crippen molar-refractivity contribution < 1.29 is 31.9 Å². The van der Waals surface area contributed by atoms with E-state index in [1.54, 1.807) is 0 Å². The number of fused-ring (bicyclic) bond motifs is 1. The quantitative estimate of drug-likeness (QED) is 0.854. The van der Waals surface area contributed by atoms with Crippen molar-refractivity contribution in [2.75, 3.05) is 0 Å². The first-order chi connectivity index (χ1) is 11.6. The Morgan fingerprint density at radius 3 is 2.56 bits per heavy atom. The number of allylic oxidation sites excluding steroid dienone is 1. The second-order valence-electron chi connectivity index (χ2n) is 5.17. The number of nitrogens with zero attached hydrogens (tertiary/aromatic N) is 2. The van der Waals surface area contributed by atoms with Gasteiger partial charge in [0.25, 0.3) is 10.0 Å². The Morgan fingerprint density at radius 1 is 1.28 bits per heavy atom. The first kappa shape index (κ1) is 17.4. The summed E-state index contributed by atoms with van der Waals surface area (Å²) in [7, 11) is -4.22. The molecule has 7 nitrogen and oxygen atoms in total. The van der Waals surface area contributed by atoms with Crippen molar-refractivity contribution in [3.8, 4) is 0 Å². The molecule has 0 atom stereocenters. The van der Waals surface area contributed by atoms with E-state index in [1.807, 2.05) is 0 Å². The predicted molar refractivity (Wildman–Crippen MR) is 84.1 cm³/mol. The highest BCUT2D eigenvalue weighted by atomic mass is 32.2. The summed E-state index contributed by atoms with van der Waals surface area (Å²) in [6.45, 7) is 0.731. The largest absolute Gasteiger partial charge is 0.477 e. The Morgan fingerprint density at radius 2 is 1.96 bits per heavy atom. The first-order valence-electron chi connectivity index (χ1n) is 6.76. The molecule has 0 aromatic heterocycles. The molecule has 0 saturated heterocycles. The fourth-order valence-corrected chi connectivity index (χ4v) is 4.82. The Bertz CT molecular complexity index is 971. The number of carboxylic acids is 1. The van der Waals surface area contributed by atoms with E-state index < -0.39 is 40.2 Å². The van der Waals surface area contributed by atoms with Crippen LogP contribution in [0.2, 0.25) is 0 Å². The number of carboxylic acid groups (broad SMARTS) is 1. The van der Waals surface area contributed by atoms with Crippen LogP contribution in [0.3, 0.4) is 0 Å². The van der Waals surface area contributed by atoms with Crippen molar-refractivity contribution in [3.05, 3.63) is 56.4 Å². The van der Waals surface area contributed by atoms with Gasteiger partial charge >= 0.3 is 12.0 Å². The molecule has 1 aromatic rings. The topological polar surface area (TPSA) is 95.0 Å². The smallest absolute Gasteiger partial charge is 0.344 e. The Labute approximate surface area is 145 Å². The van der Waals surface area contributed by atoms with Crippen LogP contribution in [0.5, 0.6) is 0 Å². The van der Waals surface area contributed by atoms with Crippen LogP contribution in [0, 0.1) is 11.6 Å². The minimum atomic E-state index is -4.22. The normalized spacial score (nSPS) is 19.2. The van der Waals surface area contributed by atoms with Gasteiger partial charge in [0.1, 0.15) is 9.93 Å². The van der Waals surface area contributed by atoms with Gasteiger partial charge in [0, 0.05) is 6.20 Å². The zero-order valence-electron chi connectivity index (χ0n) is 12.6. The van der Waals surface area contributed by atoms with Crippen molar-refractivity contribution in [3.63, 3.8) is 0 Å². The van der Waals surface area contributed by atoms with E-state index in [4.69, 9.17) is 5.11 Å². The fourth-order valence-electron chi connectivity index (χ4n) is 2.29. The lowest BCUT2D eigenvalue weighted by molar-refractivity contribution is -0.131. The highest BCUT2D eigenvalue weighted by Crippen LogP contribution is 2.44. The molecule has 2 aliphatic heterocycles. The number of benzene rings is 1. The van der Waals surface area contributed by atoms with Crippen molar-refractivity contribution in [2.24, 2.45) is 0 Å². The fraction of sp³-hybridized carbons (Fsp3) is 0.143. The number of carbonyl (C=O) groups is 2. The molecule has 0 saturated carbocycles. The van der Waals surface area contributed by atoms with E-state index in [0.29, 0.717) is 16.1 Å². The molecule has 0 spiro atoms. The number of aliphatic carboxylic acids is 1. The van der Waals surface area contributed by atoms with Gasteiger partial charge in [0.2, 0.25) is 0 Å². The van der Waals surface area contributed by atoms with Crippen molar-refractivity contribution in [2.45, 2.75) is 13.5 Å². The number of thioether (sulfide) groups is 1. The molecule has 0 fully saturated rings. The van der Waals surface area contributed by atoms with Gasteiger partial charge in [-0.1, -0.05) is 17.8 Å². The predicted octanol–water partition coefficient (Wildman–Crippen LogP) is 2.39. The van der Waals surface area contributed by atoms with Gasteiger partial charge in [0.15, 0.2) is 11.6 Å². The minimum Gasteiger partial charge on any atom is -0.477 e. The maximum absolute atomic E-state index is 13.3. The SMILES string of the molecule is CC1=C2SC(C(=O)O)=CN2C(=O)N(Cc2ccc(F)c(F)c2)S1(=O)=O. The Hall–Kier alpha value is -2.40. The van der Waals surface area contributed by atoms with Gasteiger partial charge in [-0.05, 0) is 24.6 Å². The van der Waals surface area contributed by atoms with E-state index in [1.165, 1.54) is 6.92 Å². The third-order valence-corrected chi connectivity index (χ3v) is 6.75. The lowest BCUT2D eigenvalue weighted by atomic mass is 10.2. The number of urea groups is 1. The molecular formula is C14H10F2N2O5S2. The summed E-state index contributed by atoms with van der Waals surface area (Å²) in [6, 6.07) is 1.79. The summed E-state index contributed by atoms with van der Waals surface area (Å²) in [5.41, 5.74) is 0.0707. The van der Waals surface area contributed by atoms with Crippen LogP contribution in [-0.4, -0.2) is 34.7 Å². The van der Waals surface area contributed by atoms with E-state index in [0.717, 1.165) is 29.3 Å². The molecule has 2 amide bonds. The molecule has 11 heteroatoms. The van der Waals surface area contributed by atoms with Crippen LogP contribution in [-0.2, 0) is 21.4 Å². The summed E-state index contributed by atoms with van der Waals surface area (Å²) in [5, 5.41) is 9.02. The standard InChI is InChI=1S/C14H10F2N2O5S2/c1-7-12-17(6-11(24-12)13(19)20)14(21)18(25(7,22)23)5-8-2-3-9(15)10(16)4-8/h2-4,6H,5H2,1H3,(H,19,20). The van der Waals surface area contributed by atoms with E-state index >= 15 is 0 Å². The zero-order valence-corrected chi connectivity index (χ0v) is 14.2. The average Bonchev–Trinajstić information content (AvgIpc) is 2.99. The number of carbonyl (C=O) groups excluding carboxylic acids is 1. The third kappa shape index (κ3) is 2.78.